The predicted molar refractivity (Wildman–Crippen MR) is 98.3 cm³/mol. The van der Waals surface area contributed by atoms with Gasteiger partial charge in [0.15, 0.2) is 0 Å². The second-order valence-corrected chi connectivity index (χ2v) is 6.21. The fourth-order valence-electron chi connectivity index (χ4n) is 2.46. The van der Waals surface area contributed by atoms with E-state index >= 15 is 0 Å². The number of rotatable bonds is 4. The van der Waals surface area contributed by atoms with Gasteiger partial charge in [0, 0.05) is 23.5 Å². The number of thiazole rings is 1. The van der Waals surface area contributed by atoms with Crippen molar-refractivity contribution >= 4 is 23.0 Å². The van der Waals surface area contributed by atoms with E-state index < -0.39 is 0 Å². The van der Waals surface area contributed by atoms with Crippen molar-refractivity contribution in [1.82, 2.24) is 15.0 Å². The Labute approximate surface area is 148 Å². The highest BCUT2D eigenvalue weighted by atomic mass is 32.1. The normalized spacial score (nSPS) is 10.6. The minimum absolute atomic E-state index is 0.254. The molecule has 122 valence electrons. The third kappa shape index (κ3) is 3.54. The van der Waals surface area contributed by atoms with E-state index in [0.717, 1.165) is 27.5 Å². The van der Waals surface area contributed by atoms with Crippen LogP contribution < -0.4 is 5.32 Å². The van der Waals surface area contributed by atoms with E-state index in [1.165, 1.54) is 23.5 Å². The lowest BCUT2D eigenvalue weighted by molar-refractivity contribution is 0.628. The molecular formula is C19H13FN4S. The first-order valence-electron chi connectivity index (χ1n) is 7.64. The minimum Gasteiger partial charge on any atom is -0.324 e. The fourth-order valence-corrected chi connectivity index (χ4v) is 3.07. The topological polar surface area (TPSA) is 50.7 Å². The summed E-state index contributed by atoms with van der Waals surface area (Å²) in [5, 5.41) is 5.95. The van der Waals surface area contributed by atoms with Gasteiger partial charge >= 0.3 is 0 Å². The van der Waals surface area contributed by atoms with Crippen molar-refractivity contribution in [3.05, 3.63) is 78.2 Å². The number of halogens is 1. The maximum Gasteiger partial charge on any atom is 0.227 e. The van der Waals surface area contributed by atoms with Crippen LogP contribution in [0.1, 0.15) is 0 Å². The van der Waals surface area contributed by atoms with Gasteiger partial charge in [0.05, 0.1) is 0 Å². The Morgan fingerprint density at radius 1 is 0.880 bits per heavy atom. The van der Waals surface area contributed by atoms with Crippen LogP contribution in [0.3, 0.4) is 0 Å². The van der Waals surface area contributed by atoms with Gasteiger partial charge in [-0.3, -0.25) is 0 Å². The average Bonchev–Trinajstić information content (AvgIpc) is 3.17. The zero-order chi connectivity index (χ0) is 17.1. The van der Waals surface area contributed by atoms with Crippen LogP contribution >= 0.6 is 11.3 Å². The maximum absolute atomic E-state index is 13.4. The van der Waals surface area contributed by atoms with Crippen LogP contribution in [0, 0.1) is 5.82 Å². The summed E-state index contributed by atoms with van der Waals surface area (Å²) >= 11 is 1.53. The largest absolute Gasteiger partial charge is 0.324 e. The van der Waals surface area contributed by atoms with Crippen LogP contribution in [0.25, 0.3) is 21.8 Å². The Bertz CT molecular complexity index is 1000. The van der Waals surface area contributed by atoms with E-state index in [1.807, 2.05) is 41.8 Å². The van der Waals surface area contributed by atoms with Crippen LogP contribution in [0.4, 0.5) is 16.0 Å². The second-order valence-electron chi connectivity index (χ2n) is 5.32. The van der Waals surface area contributed by atoms with Crippen LogP contribution in [0.5, 0.6) is 0 Å². The van der Waals surface area contributed by atoms with Gasteiger partial charge in [-0.1, -0.05) is 24.3 Å². The lowest BCUT2D eigenvalue weighted by Gasteiger charge is -2.08. The van der Waals surface area contributed by atoms with Crippen molar-refractivity contribution in [1.29, 1.82) is 0 Å². The molecule has 0 atom stereocenters. The molecule has 0 amide bonds. The van der Waals surface area contributed by atoms with Crippen LogP contribution in [-0.2, 0) is 0 Å². The number of nitrogens with zero attached hydrogens (tertiary/aromatic N) is 3. The molecule has 0 unspecified atom stereocenters. The van der Waals surface area contributed by atoms with Crippen molar-refractivity contribution in [2.24, 2.45) is 0 Å². The molecular weight excluding hydrogens is 335 g/mol. The van der Waals surface area contributed by atoms with E-state index in [-0.39, 0.29) is 5.82 Å². The number of aromatic nitrogens is 3. The van der Waals surface area contributed by atoms with Gasteiger partial charge in [-0.05, 0) is 41.5 Å². The number of nitrogens with one attached hydrogen (secondary N) is 1. The Morgan fingerprint density at radius 3 is 2.52 bits per heavy atom. The highest BCUT2D eigenvalue weighted by Gasteiger charge is 2.06. The summed E-state index contributed by atoms with van der Waals surface area (Å²) in [6.45, 7) is 0. The third-order valence-electron chi connectivity index (χ3n) is 3.58. The molecule has 0 radical (unpaired) electrons. The van der Waals surface area contributed by atoms with E-state index in [2.05, 4.69) is 20.3 Å². The predicted octanol–water partition coefficient (Wildman–Crippen LogP) is 5.15. The molecule has 4 rings (SSSR count). The molecule has 4 aromatic rings. The van der Waals surface area contributed by atoms with E-state index in [4.69, 9.17) is 0 Å². The molecule has 0 aliphatic rings. The summed E-state index contributed by atoms with van der Waals surface area (Å²) in [6.07, 6.45) is 3.44. The SMILES string of the molecule is Fc1cccc(-c2cccc(Nc3nccc(-c4nccs4)n3)c2)c1. The fraction of sp³-hybridized carbons (Fsp3) is 0. The molecule has 4 nitrogen and oxygen atoms in total. The molecule has 0 aliphatic carbocycles. The molecule has 25 heavy (non-hydrogen) atoms. The summed E-state index contributed by atoms with van der Waals surface area (Å²) in [6, 6.07) is 16.1. The van der Waals surface area contributed by atoms with Crippen LogP contribution in [0.15, 0.2) is 72.4 Å². The monoisotopic (exact) mass is 348 g/mol. The van der Waals surface area contributed by atoms with Gasteiger partial charge in [0.1, 0.15) is 16.5 Å². The lowest BCUT2D eigenvalue weighted by atomic mass is 10.1. The summed E-state index contributed by atoms with van der Waals surface area (Å²) in [7, 11) is 0. The summed E-state index contributed by atoms with van der Waals surface area (Å²) < 4.78 is 13.4. The average molecular weight is 348 g/mol. The van der Waals surface area contributed by atoms with Gasteiger partial charge in [0.2, 0.25) is 5.95 Å². The first-order chi connectivity index (χ1) is 12.3. The highest BCUT2D eigenvalue weighted by molar-refractivity contribution is 7.13. The Balaban J connectivity index is 1.61. The van der Waals surface area contributed by atoms with Crippen molar-refractivity contribution in [2.45, 2.75) is 0 Å². The minimum atomic E-state index is -0.254. The van der Waals surface area contributed by atoms with Gasteiger partial charge in [0.25, 0.3) is 0 Å². The molecule has 0 spiro atoms. The third-order valence-corrected chi connectivity index (χ3v) is 4.38. The smallest absolute Gasteiger partial charge is 0.227 e. The molecule has 6 heteroatoms. The number of benzene rings is 2. The van der Waals surface area contributed by atoms with Gasteiger partial charge in [-0.25, -0.2) is 19.3 Å². The van der Waals surface area contributed by atoms with E-state index in [1.54, 1.807) is 18.5 Å². The molecule has 0 fully saturated rings. The van der Waals surface area contributed by atoms with E-state index in [0.29, 0.717) is 5.95 Å². The van der Waals surface area contributed by atoms with Gasteiger partial charge in [-0.15, -0.1) is 11.3 Å². The number of hydrogen-bond donors (Lipinski definition) is 1. The van der Waals surface area contributed by atoms with Crippen LogP contribution in [-0.4, -0.2) is 15.0 Å². The standard InChI is InChI=1S/C19H13FN4S/c20-15-5-1-3-13(11-15)14-4-2-6-16(12-14)23-19-22-8-7-17(24-19)18-21-9-10-25-18/h1-12H,(H,22,23,24). The quantitative estimate of drug-likeness (QED) is 0.554. The molecule has 1 N–H and O–H groups in total. The summed E-state index contributed by atoms with van der Waals surface area (Å²) in [5.74, 6) is 0.236. The molecule has 0 bridgehead atoms. The summed E-state index contributed by atoms with van der Waals surface area (Å²) in [4.78, 5) is 13.0. The molecule has 2 aromatic heterocycles. The molecule has 0 aliphatic heterocycles. The number of hydrogen-bond acceptors (Lipinski definition) is 5. The Kier molecular flexibility index (Phi) is 4.18. The molecule has 2 heterocycles. The maximum atomic E-state index is 13.4. The number of anilines is 2. The van der Waals surface area contributed by atoms with Gasteiger partial charge < -0.3 is 5.32 Å². The first kappa shape index (κ1) is 15.4. The van der Waals surface area contributed by atoms with Crippen molar-refractivity contribution in [3.63, 3.8) is 0 Å². The zero-order valence-electron chi connectivity index (χ0n) is 13.1. The molecule has 0 saturated carbocycles. The second kappa shape index (κ2) is 6.78. The summed E-state index contributed by atoms with van der Waals surface area (Å²) in [5.41, 5.74) is 3.34. The molecule has 2 aromatic carbocycles. The zero-order valence-corrected chi connectivity index (χ0v) is 13.9. The van der Waals surface area contributed by atoms with Crippen molar-refractivity contribution in [3.8, 4) is 21.8 Å². The highest BCUT2D eigenvalue weighted by Crippen LogP contribution is 2.25. The van der Waals surface area contributed by atoms with E-state index in [9.17, 15) is 4.39 Å². The Morgan fingerprint density at radius 2 is 1.72 bits per heavy atom. The molecule has 0 saturated heterocycles. The van der Waals surface area contributed by atoms with Crippen molar-refractivity contribution < 1.29 is 4.39 Å². The lowest BCUT2D eigenvalue weighted by Crippen LogP contribution is -1.98. The first-order valence-corrected chi connectivity index (χ1v) is 8.52. The van der Waals surface area contributed by atoms with Crippen LogP contribution in [0.2, 0.25) is 0 Å². The Hall–Kier alpha value is -3.12. The van der Waals surface area contributed by atoms with Crippen molar-refractivity contribution in [2.75, 3.05) is 5.32 Å². The van der Waals surface area contributed by atoms with Gasteiger partial charge in [-0.2, -0.15) is 0 Å².